The Morgan fingerprint density at radius 3 is 1.46 bits per heavy atom. The number of fused-ring (bicyclic) bond motifs is 2. The minimum absolute atomic E-state index is 0.0126. The van der Waals surface area contributed by atoms with Crippen molar-refractivity contribution in [2.24, 2.45) is 45.8 Å². The monoisotopic (exact) mass is 810 g/mol. The molecule has 2 aromatic carbocycles. The molecule has 0 radical (unpaired) electrons. The van der Waals surface area contributed by atoms with Crippen molar-refractivity contribution in [3.63, 3.8) is 0 Å². The van der Waals surface area contributed by atoms with E-state index < -0.39 is 34.7 Å². The van der Waals surface area contributed by atoms with E-state index in [0.29, 0.717) is 37.3 Å². The highest BCUT2D eigenvalue weighted by atomic mass is 32.2. The molecule has 0 spiro atoms. The van der Waals surface area contributed by atoms with Gasteiger partial charge in [0, 0.05) is 48.4 Å². The topological polar surface area (TPSA) is 174 Å². The van der Waals surface area contributed by atoms with Crippen molar-refractivity contribution in [3.8, 4) is 0 Å². The van der Waals surface area contributed by atoms with Gasteiger partial charge in [-0.2, -0.15) is 8.61 Å². The highest BCUT2D eigenvalue weighted by molar-refractivity contribution is 7.89. The first-order valence-corrected chi connectivity index (χ1v) is 22.9. The molecule has 2 aromatic rings. The van der Waals surface area contributed by atoms with Gasteiger partial charge in [-0.25, -0.2) is 25.9 Å². The van der Waals surface area contributed by atoms with Gasteiger partial charge in [-0.15, -0.1) is 0 Å². The summed E-state index contributed by atoms with van der Waals surface area (Å²) < 4.78 is 88.9. The summed E-state index contributed by atoms with van der Waals surface area (Å²) in [6, 6.07) is 8.88. The molecule has 14 nitrogen and oxygen atoms in total. The van der Waals surface area contributed by atoms with Gasteiger partial charge in [0.05, 0.1) is 23.0 Å². The predicted molar refractivity (Wildman–Crippen MR) is 206 cm³/mol. The molecule has 2 fully saturated rings. The number of phosphoric ester groups is 1. The number of hydrogen-bond acceptors (Lipinski definition) is 12. The standard InChI is InChI=1S/C37H55N4O10PS2/c1-24(2)21-49-52(43,50-22-25(3)4)51-23-48-39-37-32-11-9-30(53(44,45)40-17-26(5)13-27(6)18-40)15-34(32)36(38-42)35-16-31(10-12-33(35)37)54(46,47)41-19-28(7)14-29(8)20-41/h9-12,15-16,24-29,42H,13-14,17-23H2,1-8H3/t26-,27+,28-,29+. The van der Waals surface area contributed by atoms with Gasteiger partial charge >= 0.3 is 7.82 Å². The van der Waals surface area contributed by atoms with Crippen LogP contribution in [0.2, 0.25) is 0 Å². The van der Waals surface area contributed by atoms with Crippen LogP contribution in [0.15, 0.2) is 56.5 Å². The third-order valence-electron chi connectivity index (χ3n) is 9.60. The minimum atomic E-state index is -4.03. The predicted octanol–water partition coefficient (Wildman–Crippen LogP) is 6.76. The number of phosphoric acid groups is 1. The van der Waals surface area contributed by atoms with Gasteiger partial charge in [-0.1, -0.05) is 77.8 Å². The maximum Gasteiger partial charge on any atom is 0.477 e. The molecule has 17 heteroatoms. The molecule has 0 aromatic heterocycles. The Morgan fingerprint density at radius 1 is 0.685 bits per heavy atom. The average molecular weight is 811 g/mol. The lowest BCUT2D eigenvalue weighted by Gasteiger charge is -2.34. The van der Waals surface area contributed by atoms with Crippen LogP contribution in [0.1, 0.15) is 90.5 Å². The molecule has 2 aliphatic heterocycles. The number of rotatable bonds is 14. The fraction of sp³-hybridized carbons (Fsp3) is 0.622. The normalized spacial score (nSPS) is 23.0. The Morgan fingerprint density at radius 2 is 1.09 bits per heavy atom. The second kappa shape index (κ2) is 17.2. The largest absolute Gasteiger partial charge is 0.477 e. The molecule has 2 saturated heterocycles. The van der Waals surface area contributed by atoms with Gasteiger partial charge in [-0.3, -0.25) is 9.05 Å². The van der Waals surface area contributed by atoms with Crippen LogP contribution in [0.4, 0.5) is 0 Å². The molecule has 1 aliphatic carbocycles. The zero-order chi connectivity index (χ0) is 39.6. The second-order valence-corrected chi connectivity index (χ2v) is 21.6. The first-order chi connectivity index (χ1) is 25.3. The molecule has 1 N–H and O–H groups in total. The Kier molecular flexibility index (Phi) is 13.5. The molecule has 5 rings (SSSR count). The Balaban J connectivity index is 1.56. The van der Waals surface area contributed by atoms with Crippen molar-refractivity contribution in [2.75, 3.05) is 46.2 Å². The summed E-state index contributed by atoms with van der Waals surface area (Å²) in [6.07, 6.45) is 1.84. The Bertz CT molecular complexity index is 1860. The molecular weight excluding hydrogens is 756 g/mol. The lowest BCUT2D eigenvalue weighted by molar-refractivity contribution is -0.0156. The van der Waals surface area contributed by atoms with E-state index in [1.54, 1.807) is 12.1 Å². The lowest BCUT2D eigenvalue weighted by Crippen LogP contribution is -2.42. The smallest absolute Gasteiger partial charge is 0.410 e. The van der Waals surface area contributed by atoms with Crippen molar-refractivity contribution >= 4 is 39.3 Å². The fourth-order valence-electron chi connectivity index (χ4n) is 7.34. The van der Waals surface area contributed by atoms with Crippen LogP contribution in [-0.2, 0) is 43.0 Å². The van der Waals surface area contributed by atoms with E-state index >= 15 is 0 Å². The maximum atomic E-state index is 14.0. The van der Waals surface area contributed by atoms with Crippen LogP contribution < -0.4 is 0 Å². The summed E-state index contributed by atoms with van der Waals surface area (Å²) >= 11 is 0. The molecule has 54 heavy (non-hydrogen) atoms. The van der Waals surface area contributed by atoms with Crippen LogP contribution in [0.3, 0.4) is 0 Å². The van der Waals surface area contributed by atoms with Crippen LogP contribution in [0.25, 0.3) is 0 Å². The van der Waals surface area contributed by atoms with Crippen molar-refractivity contribution < 1.29 is 45.0 Å². The van der Waals surface area contributed by atoms with Crippen molar-refractivity contribution in [1.82, 2.24) is 8.61 Å². The third kappa shape index (κ3) is 9.63. The van der Waals surface area contributed by atoms with E-state index in [4.69, 9.17) is 18.4 Å². The molecule has 0 bridgehead atoms. The fourth-order valence-corrected chi connectivity index (χ4v) is 12.1. The molecular formula is C37H55N4O10PS2. The first kappa shape index (κ1) is 42.5. The molecule has 4 atom stereocenters. The Labute approximate surface area is 320 Å². The number of nitrogens with zero attached hydrogens (tertiary/aromatic N) is 4. The van der Waals surface area contributed by atoms with E-state index in [1.807, 2.05) is 55.4 Å². The summed E-state index contributed by atoms with van der Waals surface area (Å²) in [5.74, 6) is 0.800. The number of hydrogen-bond donors (Lipinski definition) is 1. The minimum Gasteiger partial charge on any atom is -0.410 e. The van der Waals surface area contributed by atoms with Crippen LogP contribution in [0.5, 0.6) is 0 Å². The molecule has 2 heterocycles. The summed E-state index contributed by atoms with van der Waals surface area (Å²) in [4.78, 5) is 5.55. The maximum absolute atomic E-state index is 14.0. The number of oxime groups is 2. The molecule has 3 aliphatic rings. The highest BCUT2D eigenvalue weighted by Crippen LogP contribution is 2.50. The van der Waals surface area contributed by atoms with Crippen molar-refractivity contribution in [3.05, 3.63) is 58.7 Å². The van der Waals surface area contributed by atoms with Crippen LogP contribution in [-0.4, -0.2) is 88.3 Å². The van der Waals surface area contributed by atoms with E-state index in [1.165, 1.54) is 32.9 Å². The third-order valence-corrected chi connectivity index (χ3v) is 14.6. The van der Waals surface area contributed by atoms with Gasteiger partial charge in [-0.05, 0) is 72.6 Å². The summed E-state index contributed by atoms with van der Waals surface area (Å²) in [7, 11) is -12.0. The van der Waals surface area contributed by atoms with E-state index in [-0.39, 0.29) is 81.1 Å². The summed E-state index contributed by atoms with van der Waals surface area (Å²) in [5, 5.41) is 18.4. The quantitative estimate of drug-likeness (QED) is 0.0603. The van der Waals surface area contributed by atoms with Crippen molar-refractivity contribution in [1.29, 1.82) is 0 Å². The number of sulfonamides is 2. The van der Waals surface area contributed by atoms with Gasteiger partial charge in [0.15, 0.2) is 0 Å². The van der Waals surface area contributed by atoms with Gasteiger partial charge < -0.3 is 10.0 Å². The lowest BCUT2D eigenvalue weighted by atomic mass is 9.83. The SMILES string of the molecule is CC(C)COP(=O)(OCON=C1c2ccc(S(=O)(=O)N3C[C@H](C)C[C@H](C)C3)cc2C(=NO)c2cc(S(=O)(=O)N3C[C@H](C)C[C@H](C)C3)ccc21)OCC(C)C. The van der Waals surface area contributed by atoms with E-state index in [0.717, 1.165) is 12.8 Å². The van der Waals surface area contributed by atoms with Gasteiger partial charge in [0.25, 0.3) is 0 Å². The zero-order valence-corrected chi connectivity index (χ0v) is 35.0. The number of benzene rings is 2. The molecule has 0 amide bonds. The van der Waals surface area contributed by atoms with Gasteiger partial charge in [0.1, 0.15) is 11.4 Å². The van der Waals surface area contributed by atoms with E-state index in [9.17, 15) is 26.6 Å². The Hall–Kier alpha value is -2.69. The first-order valence-electron chi connectivity index (χ1n) is 18.6. The summed E-state index contributed by atoms with van der Waals surface area (Å²) in [6.45, 7) is 16.8. The van der Waals surface area contributed by atoms with Crippen LogP contribution in [0, 0.1) is 35.5 Å². The second-order valence-electron chi connectivity index (χ2n) is 16.0. The molecule has 0 unspecified atom stereocenters. The highest BCUT2D eigenvalue weighted by Gasteiger charge is 2.37. The zero-order valence-electron chi connectivity index (χ0n) is 32.5. The van der Waals surface area contributed by atoms with Crippen LogP contribution >= 0.6 is 7.82 Å². The average Bonchev–Trinajstić information content (AvgIpc) is 3.10. The van der Waals surface area contributed by atoms with E-state index in [2.05, 4.69) is 10.3 Å². The molecule has 300 valence electrons. The summed E-state index contributed by atoms with van der Waals surface area (Å²) in [5.41, 5.74) is 1.28. The van der Waals surface area contributed by atoms with Gasteiger partial charge in [0.2, 0.25) is 26.8 Å². The molecule has 0 saturated carbocycles. The number of piperidine rings is 2. The van der Waals surface area contributed by atoms with Crippen molar-refractivity contribution in [2.45, 2.75) is 78.0 Å².